The summed E-state index contributed by atoms with van der Waals surface area (Å²) in [5.74, 6) is 2.04. The fourth-order valence-corrected chi connectivity index (χ4v) is 3.67. The molecule has 0 aliphatic heterocycles. The van der Waals surface area contributed by atoms with Crippen LogP contribution in [-0.2, 0) is 12.8 Å². The molecule has 0 amide bonds. The Labute approximate surface area is 122 Å². The molecule has 3 aliphatic rings. The van der Waals surface area contributed by atoms with Gasteiger partial charge in [0.05, 0.1) is 0 Å². The standard InChI is InChI=1S/C18H26N2/c1-13-8-16-9-17(6-7-18(16)19-10-13)20(11-14-2-3-14)12-15-4-5-15/h8,10,14-15,17H,2-7,9,11-12H2,1H3. The zero-order chi connectivity index (χ0) is 13.5. The quantitative estimate of drug-likeness (QED) is 0.815. The van der Waals surface area contributed by atoms with E-state index >= 15 is 0 Å². The second kappa shape index (κ2) is 5.14. The number of aryl methyl sites for hydroxylation is 2. The molecule has 1 atom stereocenters. The van der Waals surface area contributed by atoms with Crippen molar-refractivity contribution in [1.29, 1.82) is 0 Å². The topological polar surface area (TPSA) is 16.1 Å². The number of hydrogen-bond donors (Lipinski definition) is 0. The van der Waals surface area contributed by atoms with Crippen LogP contribution in [0.3, 0.4) is 0 Å². The zero-order valence-corrected chi connectivity index (χ0v) is 12.6. The maximum absolute atomic E-state index is 4.64. The molecule has 2 nitrogen and oxygen atoms in total. The van der Waals surface area contributed by atoms with Crippen molar-refractivity contribution in [3.63, 3.8) is 0 Å². The summed E-state index contributed by atoms with van der Waals surface area (Å²) in [4.78, 5) is 7.49. The molecule has 0 bridgehead atoms. The average molecular weight is 270 g/mol. The lowest BCUT2D eigenvalue weighted by Gasteiger charge is -2.35. The van der Waals surface area contributed by atoms with E-state index in [-0.39, 0.29) is 0 Å². The van der Waals surface area contributed by atoms with Gasteiger partial charge in [-0.25, -0.2) is 0 Å². The van der Waals surface area contributed by atoms with Crippen molar-refractivity contribution in [2.75, 3.05) is 13.1 Å². The van der Waals surface area contributed by atoms with E-state index in [1.165, 1.54) is 74.9 Å². The van der Waals surface area contributed by atoms with E-state index in [1.807, 2.05) is 6.20 Å². The fourth-order valence-electron chi connectivity index (χ4n) is 3.67. The van der Waals surface area contributed by atoms with Crippen LogP contribution in [0.25, 0.3) is 0 Å². The highest BCUT2D eigenvalue weighted by atomic mass is 15.2. The Kier molecular flexibility index (Phi) is 3.30. The van der Waals surface area contributed by atoms with E-state index in [2.05, 4.69) is 22.9 Å². The maximum atomic E-state index is 4.64. The highest BCUT2D eigenvalue weighted by Gasteiger charge is 2.34. The molecule has 2 saturated carbocycles. The van der Waals surface area contributed by atoms with Crippen LogP contribution in [0.1, 0.15) is 48.9 Å². The zero-order valence-electron chi connectivity index (χ0n) is 12.6. The Morgan fingerprint density at radius 3 is 2.45 bits per heavy atom. The third-order valence-electron chi connectivity index (χ3n) is 5.26. The lowest BCUT2D eigenvalue weighted by Crippen LogP contribution is -2.42. The minimum Gasteiger partial charge on any atom is -0.299 e. The van der Waals surface area contributed by atoms with Crippen LogP contribution in [0.4, 0.5) is 0 Å². The first-order chi connectivity index (χ1) is 9.78. The van der Waals surface area contributed by atoms with Gasteiger partial charge in [0, 0.05) is 31.0 Å². The van der Waals surface area contributed by atoms with E-state index in [9.17, 15) is 0 Å². The highest BCUT2D eigenvalue weighted by molar-refractivity contribution is 5.28. The molecule has 2 fully saturated rings. The van der Waals surface area contributed by atoms with Crippen LogP contribution >= 0.6 is 0 Å². The number of aromatic nitrogens is 1. The Morgan fingerprint density at radius 1 is 1.10 bits per heavy atom. The second-order valence-corrected chi connectivity index (χ2v) is 7.36. The van der Waals surface area contributed by atoms with Gasteiger partial charge in [-0.3, -0.25) is 9.88 Å². The lowest BCUT2D eigenvalue weighted by molar-refractivity contribution is 0.164. The summed E-state index contributed by atoms with van der Waals surface area (Å²) in [6.07, 6.45) is 11.7. The van der Waals surface area contributed by atoms with Gasteiger partial charge in [0.15, 0.2) is 0 Å². The molecule has 1 unspecified atom stereocenters. The monoisotopic (exact) mass is 270 g/mol. The molecule has 0 N–H and O–H groups in total. The smallest absolute Gasteiger partial charge is 0.0436 e. The minimum absolute atomic E-state index is 0.785. The SMILES string of the molecule is Cc1cnc2c(c1)CC(N(CC1CC1)CC1CC1)CC2. The molecule has 1 aromatic heterocycles. The van der Waals surface area contributed by atoms with E-state index < -0.39 is 0 Å². The summed E-state index contributed by atoms with van der Waals surface area (Å²) in [5, 5.41) is 0. The minimum atomic E-state index is 0.785. The normalized spacial score (nSPS) is 25.8. The number of rotatable bonds is 5. The Morgan fingerprint density at radius 2 is 1.80 bits per heavy atom. The van der Waals surface area contributed by atoms with Crippen LogP contribution in [0, 0.1) is 18.8 Å². The van der Waals surface area contributed by atoms with E-state index in [4.69, 9.17) is 0 Å². The molecule has 0 spiro atoms. The van der Waals surface area contributed by atoms with Gasteiger partial charge in [-0.15, -0.1) is 0 Å². The van der Waals surface area contributed by atoms with Crippen molar-refractivity contribution in [3.05, 3.63) is 29.1 Å². The van der Waals surface area contributed by atoms with Crippen molar-refractivity contribution in [3.8, 4) is 0 Å². The van der Waals surface area contributed by atoms with Crippen molar-refractivity contribution in [2.45, 2.75) is 57.9 Å². The summed E-state index contributed by atoms with van der Waals surface area (Å²) >= 11 is 0. The van der Waals surface area contributed by atoms with Gasteiger partial charge >= 0.3 is 0 Å². The first kappa shape index (κ1) is 12.8. The summed E-state index contributed by atoms with van der Waals surface area (Å²) < 4.78 is 0. The van der Waals surface area contributed by atoms with Crippen molar-refractivity contribution < 1.29 is 0 Å². The van der Waals surface area contributed by atoms with Crippen LogP contribution < -0.4 is 0 Å². The van der Waals surface area contributed by atoms with Crippen LogP contribution in [0.15, 0.2) is 12.3 Å². The van der Waals surface area contributed by atoms with E-state index in [1.54, 1.807) is 0 Å². The van der Waals surface area contributed by atoms with Crippen molar-refractivity contribution >= 4 is 0 Å². The third-order valence-corrected chi connectivity index (χ3v) is 5.26. The first-order valence-corrected chi connectivity index (χ1v) is 8.46. The second-order valence-electron chi connectivity index (χ2n) is 7.36. The summed E-state index contributed by atoms with van der Waals surface area (Å²) in [6.45, 7) is 4.91. The largest absolute Gasteiger partial charge is 0.299 e. The van der Waals surface area contributed by atoms with Gasteiger partial charge in [0.1, 0.15) is 0 Å². The van der Waals surface area contributed by atoms with Gasteiger partial charge in [0.2, 0.25) is 0 Å². The summed E-state index contributed by atoms with van der Waals surface area (Å²) in [5.41, 5.74) is 4.21. The van der Waals surface area contributed by atoms with Crippen LogP contribution in [0.5, 0.6) is 0 Å². The molecule has 2 heteroatoms. The molecule has 4 rings (SSSR count). The summed E-state index contributed by atoms with van der Waals surface area (Å²) in [7, 11) is 0. The van der Waals surface area contributed by atoms with Gasteiger partial charge in [-0.2, -0.15) is 0 Å². The van der Waals surface area contributed by atoms with Gasteiger partial charge in [0.25, 0.3) is 0 Å². The molecule has 108 valence electrons. The highest BCUT2D eigenvalue weighted by Crippen LogP contribution is 2.36. The Hall–Kier alpha value is -0.890. The predicted molar refractivity (Wildman–Crippen MR) is 81.8 cm³/mol. The van der Waals surface area contributed by atoms with Crippen molar-refractivity contribution in [1.82, 2.24) is 9.88 Å². The van der Waals surface area contributed by atoms with Gasteiger partial charge in [-0.05, 0) is 74.8 Å². The van der Waals surface area contributed by atoms with Gasteiger partial charge in [-0.1, -0.05) is 6.07 Å². The lowest BCUT2D eigenvalue weighted by atomic mass is 9.89. The predicted octanol–water partition coefficient (Wildman–Crippen LogP) is 3.37. The molecule has 0 saturated heterocycles. The van der Waals surface area contributed by atoms with E-state index in [0.717, 1.165) is 17.9 Å². The first-order valence-electron chi connectivity index (χ1n) is 8.46. The van der Waals surface area contributed by atoms with Crippen molar-refractivity contribution in [2.24, 2.45) is 11.8 Å². The maximum Gasteiger partial charge on any atom is 0.0436 e. The molecule has 0 aromatic carbocycles. The molecular weight excluding hydrogens is 244 g/mol. The molecule has 1 aromatic rings. The number of pyridine rings is 1. The molecular formula is C18H26N2. The van der Waals surface area contributed by atoms with Crippen LogP contribution in [0.2, 0.25) is 0 Å². The van der Waals surface area contributed by atoms with E-state index in [0.29, 0.717) is 0 Å². The van der Waals surface area contributed by atoms with Gasteiger partial charge < -0.3 is 0 Å². The average Bonchev–Trinajstić information content (AvgIpc) is 3.32. The summed E-state index contributed by atoms with van der Waals surface area (Å²) in [6, 6.07) is 3.16. The van der Waals surface area contributed by atoms with Crippen LogP contribution in [-0.4, -0.2) is 29.0 Å². The Balaban J connectivity index is 1.48. The fraction of sp³-hybridized carbons (Fsp3) is 0.722. The molecule has 0 radical (unpaired) electrons. The Bertz CT molecular complexity index is 474. The molecule has 20 heavy (non-hydrogen) atoms. The third kappa shape index (κ3) is 2.90. The number of hydrogen-bond acceptors (Lipinski definition) is 2. The number of nitrogens with zero attached hydrogens (tertiary/aromatic N) is 2. The molecule has 3 aliphatic carbocycles. The molecule has 1 heterocycles. The number of fused-ring (bicyclic) bond motifs is 1.